The van der Waals surface area contributed by atoms with Gasteiger partial charge in [-0.15, -0.1) is 0 Å². The highest BCUT2D eigenvalue weighted by molar-refractivity contribution is 5.67. The summed E-state index contributed by atoms with van der Waals surface area (Å²) in [6.45, 7) is 11.1. The summed E-state index contributed by atoms with van der Waals surface area (Å²) in [5.41, 5.74) is -0.471. The van der Waals surface area contributed by atoms with Gasteiger partial charge in [0.15, 0.2) is 0 Å². The molecule has 0 saturated heterocycles. The Balaban J connectivity index is 2.43. The Morgan fingerprint density at radius 3 is 2.52 bits per heavy atom. The number of unbranched alkanes of at least 4 members (excludes halogenated alkanes) is 1. The van der Waals surface area contributed by atoms with Gasteiger partial charge in [-0.25, -0.2) is 4.79 Å². The SMILES string of the molecule is CCCCC(CNC(=O)OC(C)(C)C)NCc1ccc(CC)o1. The molecule has 0 bridgehead atoms. The second kappa shape index (κ2) is 9.60. The normalized spacial score (nSPS) is 12.9. The zero-order valence-corrected chi connectivity index (χ0v) is 15.2. The lowest BCUT2D eigenvalue weighted by Crippen LogP contribution is -2.42. The molecule has 23 heavy (non-hydrogen) atoms. The summed E-state index contributed by atoms with van der Waals surface area (Å²) in [6.07, 6.45) is 3.79. The molecule has 0 saturated carbocycles. The van der Waals surface area contributed by atoms with Gasteiger partial charge in [0, 0.05) is 19.0 Å². The standard InChI is InChI=1S/C18H32N2O3/c1-6-8-9-14(12-20-17(21)23-18(3,4)5)19-13-16-11-10-15(7-2)22-16/h10-11,14,19H,6-9,12-13H2,1-5H3,(H,20,21). The molecule has 132 valence electrons. The highest BCUT2D eigenvalue weighted by Gasteiger charge is 2.17. The Hall–Kier alpha value is -1.49. The average molecular weight is 324 g/mol. The van der Waals surface area contributed by atoms with Crippen molar-refractivity contribution in [3.05, 3.63) is 23.7 Å². The Kier molecular flexibility index (Phi) is 8.17. The van der Waals surface area contributed by atoms with Gasteiger partial charge >= 0.3 is 6.09 Å². The third-order valence-electron chi connectivity index (χ3n) is 3.43. The van der Waals surface area contributed by atoms with Crippen molar-refractivity contribution >= 4 is 6.09 Å². The molecule has 1 rings (SSSR count). The van der Waals surface area contributed by atoms with Crippen LogP contribution >= 0.6 is 0 Å². The molecule has 0 aliphatic carbocycles. The molecule has 1 heterocycles. The molecule has 1 amide bonds. The van der Waals surface area contributed by atoms with Gasteiger partial charge in [0.05, 0.1) is 6.54 Å². The zero-order valence-electron chi connectivity index (χ0n) is 15.2. The smallest absolute Gasteiger partial charge is 0.407 e. The van der Waals surface area contributed by atoms with Crippen molar-refractivity contribution in [1.82, 2.24) is 10.6 Å². The first-order valence-electron chi connectivity index (χ1n) is 8.61. The van der Waals surface area contributed by atoms with Crippen molar-refractivity contribution in [1.29, 1.82) is 0 Å². The molecular formula is C18H32N2O3. The van der Waals surface area contributed by atoms with Crippen molar-refractivity contribution in [2.24, 2.45) is 0 Å². The second-order valence-electron chi connectivity index (χ2n) is 6.82. The summed E-state index contributed by atoms with van der Waals surface area (Å²) in [5.74, 6) is 1.93. The third kappa shape index (κ3) is 8.65. The van der Waals surface area contributed by atoms with Crippen LogP contribution < -0.4 is 10.6 Å². The van der Waals surface area contributed by atoms with E-state index in [0.29, 0.717) is 13.1 Å². The van der Waals surface area contributed by atoms with Crippen LogP contribution in [0.15, 0.2) is 16.5 Å². The van der Waals surface area contributed by atoms with Crippen molar-refractivity contribution in [2.45, 2.75) is 78.5 Å². The Labute approximate surface area is 140 Å². The number of ether oxygens (including phenoxy) is 1. The summed E-state index contributed by atoms with van der Waals surface area (Å²) in [7, 11) is 0. The van der Waals surface area contributed by atoms with Gasteiger partial charge in [0.25, 0.3) is 0 Å². The van der Waals surface area contributed by atoms with E-state index < -0.39 is 5.60 Å². The maximum Gasteiger partial charge on any atom is 0.407 e. The Morgan fingerprint density at radius 2 is 1.96 bits per heavy atom. The zero-order chi connectivity index (χ0) is 17.3. The first-order chi connectivity index (χ1) is 10.8. The lowest BCUT2D eigenvalue weighted by atomic mass is 10.1. The van der Waals surface area contributed by atoms with E-state index >= 15 is 0 Å². The third-order valence-corrected chi connectivity index (χ3v) is 3.43. The molecule has 0 aliphatic rings. The van der Waals surface area contributed by atoms with Crippen LogP contribution in [0.3, 0.4) is 0 Å². The van der Waals surface area contributed by atoms with Crippen molar-refractivity contribution in [2.75, 3.05) is 6.54 Å². The highest BCUT2D eigenvalue weighted by Crippen LogP contribution is 2.10. The molecular weight excluding hydrogens is 292 g/mol. The topological polar surface area (TPSA) is 63.5 Å². The number of nitrogens with one attached hydrogen (secondary N) is 2. The van der Waals surface area contributed by atoms with Gasteiger partial charge in [-0.2, -0.15) is 0 Å². The summed E-state index contributed by atoms with van der Waals surface area (Å²) in [4.78, 5) is 11.8. The van der Waals surface area contributed by atoms with E-state index in [9.17, 15) is 4.79 Å². The summed E-state index contributed by atoms with van der Waals surface area (Å²) in [6, 6.07) is 4.22. The first-order valence-corrected chi connectivity index (χ1v) is 8.61. The van der Waals surface area contributed by atoms with Crippen molar-refractivity contribution < 1.29 is 13.9 Å². The van der Waals surface area contributed by atoms with Gasteiger partial charge in [-0.05, 0) is 39.3 Å². The van der Waals surface area contributed by atoms with E-state index in [1.165, 1.54) is 0 Å². The molecule has 1 aromatic rings. The van der Waals surface area contributed by atoms with Crippen LogP contribution in [-0.4, -0.2) is 24.3 Å². The number of carbonyl (C=O) groups is 1. The fraction of sp³-hybridized carbons (Fsp3) is 0.722. The van der Waals surface area contributed by atoms with E-state index in [0.717, 1.165) is 37.2 Å². The van der Waals surface area contributed by atoms with Crippen LogP contribution in [0.1, 0.15) is 65.4 Å². The van der Waals surface area contributed by atoms with E-state index in [1.54, 1.807) is 0 Å². The van der Waals surface area contributed by atoms with Crippen molar-refractivity contribution in [3.8, 4) is 0 Å². The lowest BCUT2D eigenvalue weighted by molar-refractivity contribution is 0.0521. The number of carbonyl (C=O) groups excluding carboxylic acids is 1. The van der Waals surface area contributed by atoms with Crippen LogP contribution in [0.25, 0.3) is 0 Å². The first kappa shape index (κ1) is 19.6. The molecule has 0 fully saturated rings. The van der Waals surface area contributed by atoms with Gasteiger partial charge in [0.2, 0.25) is 0 Å². The maximum absolute atomic E-state index is 11.8. The van der Waals surface area contributed by atoms with Crippen LogP contribution in [0.4, 0.5) is 4.79 Å². The molecule has 2 N–H and O–H groups in total. The summed E-state index contributed by atoms with van der Waals surface area (Å²) in [5, 5.41) is 6.31. The molecule has 1 aromatic heterocycles. The summed E-state index contributed by atoms with van der Waals surface area (Å²) >= 11 is 0. The van der Waals surface area contributed by atoms with E-state index in [2.05, 4.69) is 24.5 Å². The lowest BCUT2D eigenvalue weighted by Gasteiger charge is -2.22. The number of hydrogen-bond donors (Lipinski definition) is 2. The minimum absolute atomic E-state index is 0.206. The van der Waals surface area contributed by atoms with E-state index in [4.69, 9.17) is 9.15 Å². The quantitative estimate of drug-likeness (QED) is 0.720. The molecule has 5 nitrogen and oxygen atoms in total. The van der Waals surface area contributed by atoms with Crippen LogP contribution in [-0.2, 0) is 17.7 Å². The van der Waals surface area contributed by atoms with Crippen LogP contribution in [0.5, 0.6) is 0 Å². The highest BCUT2D eigenvalue weighted by atomic mass is 16.6. The van der Waals surface area contributed by atoms with E-state index in [1.807, 2.05) is 32.9 Å². The number of aryl methyl sites for hydroxylation is 1. The van der Waals surface area contributed by atoms with Crippen LogP contribution in [0, 0.1) is 0 Å². The number of amides is 1. The van der Waals surface area contributed by atoms with Gasteiger partial charge in [-0.3, -0.25) is 0 Å². The van der Waals surface area contributed by atoms with Gasteiger partial charge < -0.3 is 19.8 Å². The molecule has 0 radical (unpaired) electrons. The van der Waals surface area contributed by atoms with Gasteiger partial charge in [-0.1, -0.05) is 26.7 Å². The number of hydrogen-bond acceptors (Lipinski definition) is 4. The monoisotopic (exact) mass is 324 g/mol. The second-order valence-corrected chi connectivity index (χ2v) is 6.82. The van der Waals surface area contributed by atoms with Crippen LogP contribution in [0.2, 0.25) is 0 Å². The molecule has 0 aromatic carbocycles. The fourth-order valence-electron chi connectivity index (χ4n) is 2.20. The minimum Gasteiger partial charge on any atom is -0.465 e. The Morgan fingerprint density at radius 1 is 1.26 bits per heavy atom. The molecule has 1 unspecified atom stereocenters. The number of alkyl carbamates (subject to hydrolysis) is 1. The predicted molar refractivity (Wildman–Crippen MR) is 92.5 cm³/mol. The molecule has 0 aliphatic heterocycles. The Bertz CT molecular complexity index is 463. The molecule has 5 heteroatoms. The fourth-order valence-corrected chi connectivity index (χ4v) is 2.20. The largest absolute Gasteiger partial charge is 0.465 e. The minimum atomic E-state index is -0.471. The number of furan rings is 1. The predicted octanol–water partition coefficient (Wildman–Crippen LogP) is 4.02. The summed E-state index contributed by atoms with van der Waals surface area (Å²) < 4.78 is 11.0. The van der Waals surface area contributed by atoms with E-state index in [-0.39, 0.29) is 12.1 Å². The molecule has 1 atom stereocenters. The number of rotatable bonds is 9. The van der Waals surface area contributed by atoms with Gasteiger partial charge in [0.1, 0.15) is 17.1 Å². The average Bonchev–Trinajstić information content (AvgIpc) is 2.92. The van der Waals surface area contributed by atoms with Crippen molar-refractivity contribution in [3.63, 3.8) is 0 Å². The maximum atomic E-state index is 11.8. The molecule has 0 spiro atoms.